The molecule has 3 saturated carbocycles. The number of hydrogen-bond acceptors (Lipinski definition) is 6. The highest BCUT2D eigenvalue weighted by molar-refractivity contribution is 5.91. The van der Waals surface area contributed by atoms with Gasteiger partial charge in [-0.25, -0.2) is 4.79 Å². The van der Waals surface area contributed by atoms with Crippen LogP contribution in [-0.2, 0) is 23.8 Å². The molecule has 2 bridgehead atoms. The van der Waals surface area contributed by atoms with Gasteiger partial charge in [0.1, 0.15) is 17.8 Å². The Balaban J connectivity index is 1.31. The van der Waals surface area contributed by atoms with Crippen molar-refractivity contribution in [1.29, 1.82) is 0 Å². The highest BCUT2D eigenvalue weighted by Gasteiger charge is 2.85. The van der Waals surface area contributed by atoms with Crippen LogP contribution in [0, 0.1) is 39.9 Å². The Morgan fingerprint density at radius 3 is 2.61 bits per heavy atom. The molecule has 192 valence electrons. The number of carbonyl (C=O) groups is 2. The van der Waals surface area contributed by atoms with Gasteiger partial charge in [0.25, 0.3) is 0 Å². The number of hydrogen-bond donors (Lipinski definition) is 1. The Morgan fingerprint density at radius 1 is 1.06 bits per heavy atom. The van der Waals surface area contributed by atoms with Gasteiger partial charge in [-0.1, -0.05) is 37.3 Å². The number of esters is 2. The van der Waals surface area contributed by atoms with E-state index >= 15 is 0 Å². The molecule has 3 saturated heterocycles. The van der Waals surface area contributed by atoms with Crippen LogP contribution in [0.3, 0.4) is 0 Å². The maximum absolute atomic E-state index is 14.3. The molecule has 5 aliphatic carbocycles. The van der Waals surface area contributed by atoms with E-state index in [4.69, 9.17) is 14.2 Å². The minimum atomic E-state index is -1.03. The van der Waals surface area contributed by atoms with Crippen LogP contribution in [0.4, 0.5) is 0 Å². The molecule has 0 aromatic carbocycles. The zero-order valence-electron chi connectivity index (χ0n) is 21.6. The minimum Gasteiger partial charge on any atom is -0.461 e. The molecule has 0 aromatic rings. The molecule has 8 rings (SSSR count). The van der Waals surface area contributed by atoms with Crippen LogP contribution < -0.4 is 0 Å². The van der Waals surface area contributed by atoms with Crippen molar-refractivity contribution in [1.82, 2.24) is 0 Å². The summed E-state index contributed by atoms with van der Waals surface area (Å²) in [5, 5.41) is 12.1. The molecule has 6 nitrogen and oxygen atoms in total. The highest BCUT2D eigenvalue weighted by Crippen LogP contribution is 2.81. The van der Waals surface area contributed by atoms with E-state index in [1.807, 2.05) is 6.92 Å². The van der Waals surface area contributed by atoms with Crippen LogP contribution in [0.1, 0.15) is 66.2 Å². The lowest BCUT2D eigenvalue weighted by Gasteiger charge is -2.45. The van der Waals surface area contributed by atoms with Crippen molar-refractivity contribution in [3.8, 4) is 0 Å². The molecule has 3 heterocycles. The predicted octanol–water partition coefficient (Wildman–Crippen LogP) is 4.03. The van der Waals surface area contributed by atoms with Crippen LogP contribution in [-0.4, -0.2) is 46.1 Å². The molecule has 12 atom stereocenters. The minimum absolute atomic E-state index is 0.0230. The average Bonchev–Trinajstić information content (AvgIpc) is 3.13. The Morgan fingerprint density at radius 2 is 1.83 bits per heavy atom. The van der Waals surface area contributed by atoms with E-state index in [1.165, 1.54) is 5.57 Å². The number of allylic oxidation sites excluding steroid dienone is 1. The Hall–Kier alpha value is -1.92. The van der Waals surface area contributed by atoms with Gasteiger partial charge in [0.05, 0.1) is 16.6 Å². The Kier molecular flexibility index (Phi) is 3.61. The third-order valence-electron chi connectivity index (χ3n) is 13.0. The van der Waals surface area contributed by atoms with Crippen LogP contribution in [0.15, 0.2) is 36.0 Å². The van der Waals surface area contributed by atoms with Gasteiger partial charge in [0.2, 0.25) is 0 Å². The molecule has 8 aliphatic rings. The quantitative estimate of drug-likeness (QED) is 0.238. The van der Waals surface area contributed by atoms with E-state index in [2.05, 4.69) is 45.6 Å². The van der Waals surface area contributed by atoms with Crippen molar-refractivity contribution < 1.29 is 28.9 Å². The summed E-state index contributed by atoms with van der Waals surface area (Å²) in [6, 6.07) is 0. The summed E-state index contributed by atoms with van der Waals surface area (Å²) in [4.78, 5) is 27.0. The summed E-state index contributed by atoms with van der Waals surface area (Å²) in [5.74, 6) is -0.687. The van der Waals surface area contributed by atoms with E-state index < -0.39 is 21.8 Å². The first-order valence-corrected chi connectivity index (χ1v) is 13.8. The van der Waals surface area contributed by atoms with Gasteiger partial charge < -0.3 is 19.3 Å². The van der Waals surface area contributed by atoms with Crippen molar-refractivity contribution in [2.24, 2.45) is 39.9 Å². The SMILES string of the molecule is C=C1C(=O)O[C@H]2[C@@H]3[C@@]4(C=C[C@@]3(C)[C@]3(C4)C(=O)O[C@@H]4[C@H]5C(C)=CC[C@@]56O[C@@]6(C)CC[C@@H]43)[C@](C)(O)CC[C@@H]12. The standard InChI is InChI=1S/C30H36O6/c1-15-6-11-30-19(15)21-18(8-10-27(30,5)36-30)29(24(32)35-21)14-28-13-12-25(29,3)22(28)20-17(7-9-26(28,4)33)16(2)23(31)34-20/h6,12-13,17-22,33H,2,7-11,14H2,1,3-5H3/t17-,18-,19+,20+,21-,22-,25+,26+,27-,28-,29-,30+/m0/s1. The van der Waals surface area contributed by atoms with E-state index in [0.29, 0.717) is 24.8 Å². The summed E-state index contributed by atoms with van der Waals surface area (Å²) in [6.45, 7) is 12.6. The van der Waals surface area contributed by atoms with Crippen LogP contribution in [0.2, 0.25) is 0 Å². The van der Waals surface area contributed by atoms with E-state index in [0.717, 1.165) is 19.3 Å². The van der Waals surface area contributed by atoms with Gasteiger partial charge in [0.15, 0.2) is 0 Å². The summed E-state index contributed by atoms with van der Waals surface area (Å²) in [7, 11) is 0. The number of rotatable bonds is 0. The summed E-state index contributed by atoms with van der Waals surface area (Å²) in [5.41, 5.74) is -1.71. The van der Waals surface area contributed by atoms with Gasteiger partial charge in [-0.2, -0.15) is 0 Å². The Labute approximate surface area is 212 Å². The predicted molar refractivity (Wildman–Crippen MR) is 129 cm³/mol. The van der Waals surface area contributed by atoms with Crippen LogP contribution >= 0.6 is 0 Å². The third-order valence-corrected chi connectivity index (χ3v) is 13.0. The largest absolute Gasteiger partial charge is 0.461 e. The smallest absolute Gasteiger partial charge is 0.334 e. The second-order valence-corrected chi connectivity index (χ2v) is 14.0. The zero-order valence-corrected chi connectivity index (χ0v) is 21.6. The summed E-state index contributed by atoms with van der Waals surface area (Å²) in [6.07, 6.45) is 10.4. The number of aliphatic hydroxyl groups is 1. The van der Waals surface area contributed by atoms with E-state index in [1.54, 1.807) is 0 Å². The van der Waals surface area contributed by atoms with Crippen molar-refractivity contribution >= 4 is 11.9 Å². The maximum atomic E-state index is 14.3. The van der Waals surface area contributed by atoms with Gasteiger partial charge in [0, 0.05) is 40.1 Å². The first kappa shape index (κ1) is 22.1. The zero-order chi connectivity index (χ0) is 25.3. The molecule has 0 unspecified atom stereocenters. The molecule has 1 N–H and O–H groups in total. The molecular formula is C30H36O6. The number of fused-ring (bicyclic) bond motifs is 5. The molecular weight excluding hydrogens is 456 g/mol. The van der Waals surface area contributed by atoms with Crippen molar-refractivity contribution in [2.45, 2.75) is 95.2 Å². The van der Waals surface area contributed by atoms with E-state index in [9.17, 15) is 14.7 Å². The fourth-order valence-corrected chi connectivity index (χ4v) is 11.0. The monoisotopic (exact) mass is 492 g/mol. The Bertz CT molecular complexity index is 1230. The number of ether oxygens (including phenoxy) is 3. The second kappa shape index (κ2) is 5.88. The lowest BCUT2D eigenvalue weighted by Crippen LogP contribution is -2.49. The molecule has 6 heteroatoms. The molecule has 0 aromatic heterocycles. The van der Waals surface area contributed by atoms with Crippen molar-refractivity contribution in [2.75, 3.05) is 0 Å². The lowest BCUT2D eigenvalue weighted by molar-refractivity contribution is -0.155. The van der Waals surface area contributed by atoms with Crippen LogP contribution in [0.5, 0.6) is 0 Å². The average molecular weight is 493 g/mol. The first-order valence-electron chi connectivity index (χ1n) is 13.8. The summed E-state index contributed by atoms with van der Waals surface area (Å²) >= 11 is 0. The molecule has 6 fully saturated rings. The molecule has 36 heavy (non-hydrogen) atoms. The van der Waals surface area contributed by atoms with Crippen molar-refractivity contribution in [3.05, 3.63) is 36.0 Å². The maximum Gasteiger partial charge on any atom is 0.334 e. The van der Waals surface area contributed by atoms with Crippen LogP contribution in [0.25, 0.3) is 0 Å². The van der Waals surface area contributed by atoms with E-state index in [-0.39, 0.29) is 59.0 Å². The normalized spacial score (nSPS) is 61.5. The topological polar surface area (TPSA) is 85.4 Å². The highest BCUT2D eigenvalue weighted by atomic mass is 16.6. The fraction of sp³-hybridized carbons (Fsp3) is 0.733. The van der Waals surface area contributed by atoms with Gasteiger partial charge in [-0.15, -0.1) is 0 Å². The molecule has 0 amide bonds. The summed E-state index contributed by atoms with van der Waals surface area (Å²) < 4.78 is 19.0. The third kappa shape index (κ3) is 1.95. The molecule has 2 spiro atoms. The molecule has 0 radical (unpaired) electrons. The number of epoxide rings is 1. The van der Waals surface area contributed by atoms with Gasteiger partial charge in [-0.3, -0.25) is 4.79 Å². The fourth-order valence-electron chi connectivity index (χ4n) is 11.0. The van der Waals surface area contributed by atoms with Gasteiger partial charge in [-0.05, 0) is 59.3 Å². The van der Waals surface area contributed by atoms with Crippen molar-refractivity contribution in [3.63, 3.8) is 0 Å². The lowest BCUT2D eigenvalue weighted by atomic mass is 9.55. The number of carbonyl (C=O) groups excluding carboxylic acids is 2. The second-order valence-electron chi connectivity index (χ2n) is 14.0. The molecule has 3 aliphatic heterocycles. The van der Waals surface area contributed by atoms with Gasteiger partial charge >= 0.3 is 11.9 Å². The first-order chi connectivity index (χ1) is 16.9.